The molecule has 108 valence electrons. The van der Waals surface area contributed by atoms with Gasteiger partial charge >= 0.3 is 0 Å². The summed E-state index contributed by atoms with van der Waals surface area (Å²) in [7, 11) is 0. The molecule has 2 aliphatic heterocycles. The van der Waals surface area contributed by atoms with Crippen molar-refractivity contribution in [2.75, 3.05) is 19.7 Å². The van der Waals surface area contributed by atoms with E-state index in [1.54, 1.807) is 17.0 Å². The largest absolute Gasteiger partial charge is 0.390 e. The Morgan fingerprint density at radius 2 is 2.25 bits per heavy atom. The molecule has 0 aromatic heterocycles. The third-order valence-corrected chi connectivity index (χ3v) is 4.26. The van der Waals surface area contributed by atoms with E-state index in [1.165, 1.54) is 12.1 Å². The van der Waals surface area contributed by atoms with Crippen LogP contribution in [0.5, 0.6) is 0 Å². The Bertz CT molecular complexity index is 514. The summed E-state index contributed by atoms with van der Waals surface area (Å²) in [4.78, 5) is 14.0. The molecule has 1 amide bonds. The zero-order valence-electron chi connectivity index (χ0n) is 11.2. The predicted octanol–water partition coefficient (Wildman–Crippen LogP) is 1.58. The van der Waals surface area contributed by atoms with Gasteiger partial charge in [-0.25, -0.2) is 4.39 Å². The lowest BCUT2D eigenvalue weighted by molar-refractivity contribution is -0.124. The minimum absolute atomic E-state index is 0.0806. The zero-order valence-corrected chi connectivity index (χ0v) is 11.2. The summed E-state index contributed by atoms with van der Waals surface area (Å²) >= 11 is 0. The van der Waals surface area contributed by atoms with Gasteiger partial charge in [0.1, 0.15) is 11.4 Å². The molecule has 0 bridgehead atoms. The molecule has 1 N–H and O–H groups in total. The summed E-state index contributed by atoms with van der Waals surface area (Å²) in [5.74, 6) is -0.838. The molecular weight excluding hydrogens is 261 g/mol. The van der Waals surface area contributed by atoms with Gasteiger partial charge < -0.3 is 14.7 Å². The highest BCUT2D eigenvalue weighted by molar-refractivity contribution is 5.94. The highest BCUT2D eigenvalue weighted by Crippen LogP contribution is 2.35. The molecule has 20 heavy (non-hydrogen) atoms. The van der Waals surface area contributed by atoms with Crippen LogP contribution in [0.25, 0.3) is 0 Å². The molecule has 0 unspecified atom stereocenters. The number of halogens is 1. The zero-order chi connectivity index (χ0) is 14.2. The van der Waals surface area contributed by atoms with Crippen LogP contribution >= 0.6 is 0 Å². The third kappa shape index (κ3) is 2.21. The Labute approximate surface area is 117 Å². The van der Waals surface area contributed by atoms with Crippen molar-refractivity contribution in [3.05, 3.63) is 35.6 Å². The van der Waals surface area contributed by atoms with E-state index in [-0.39, 0.29) is 11.5 Å². The van der Waals surface area contributed by atoms with Crippen molar-refractivity contribution < 1.29 is 19.0 Å². The van der Waals surface area contributed by atoms with Gasteiger partial charge in [0.2, 0.25) is 0 Å². The number of hydrogen-bond acceptors (Lipinski definition) is 3. The van der Waals surface area contributed by atoms with Crippen molar-refractivity contribution in [3.63, 3.8) is 0 Å². The van der Waals surface area contributed by atoms with E-state index < -0.39 is 17.5 Å². The Morgan fingerprint density at radius 3 is 2.95 bits per heavy atom. The van der Waals surface area contributed by atoms with Crippen LogP contribution in [0.1, 0.15) is 29.6 Å². The SMILES string of the molecule is O=C(c1ccccc1F)N1CC[C@H](O)[C@]2(CCCO2)C1. The van der Waals surface area contributed by atoms with Crippen LogP contribution in [0.2, 0.25) is 0 Å². The van der Waals surface area contributed by atoms with Crippen LogP contribution in [0.15, 0.2) is 24.3 Å². The average Bonchev–Trinajstić information content (AvgIpc) is 2.91. The van der Waals surface area contributed by atoms with E-state index in [4.69, 9.17) is 4.74 Å². The first kappa shape index (κ1) is 13.5. The van der Waals surface area contributed by atoms with Gasteiger partial charge in [-0.2, -0.15) is 0 Å². The minimum Gasteiger partial charge on any atom is -0.390 e. The van der Waals surface area contributed by atoms with Gasteiger partial charge in [-0.1, -0.05) is 12.1 Å². The first-order valence-electron chi connectivity index (χ1n) is 6.98. The molecule has 2 heterocycles. The van der Waals surface area contributed by atoms with E-state index >= 15 is 0 Å². The standard InChI is InChI=1S/C15H18FNO3/c16-12-5-2-1-4-11(12)14(19)17-8-6-13(18)15(10-17)7-3-9-20-15/h1-2,4-5,13,18H,3,6-10H2/t13-,15-/m0/s1. The molecule has 2 aliphatic rings. The number of likely N-dealkylation sites (tertiary alicyclic amines) is 1. The predicted molar refractivity (Wildman–Crippen MR) is 70.8 cm³/mol. The molecule has 0 radical (unpaired) electrons. The second kappa shape index (κ2) is 5.14. The van der Waals surface area contributed by atoms with Gasteiger partial charge in [0.15, 0.2) is 0 Å². The maximum atomic E-state index is 13.7. The average molecular weight is 279 g/mol. The monoisotopic (exact) mass is 279 g/mol. The topological polar surface area (TPSA) is 49.8 Å². The van der Waals surface area contributed by atoms with Gasteiger partial charge in [-0.15, -0.1) is 0 Å². The summed E-state index contributed by atoms with van der Waals surface area (Å²) in [6.07, 6.45) is 1.56. The summed E-state index contributed by atoms with van der Waals surface area (Å²) in [6.45, 7) is 1.37. The van der Waals surface area contributed by atoms with Crippen molar-refractivity contribution >= 4 is 5.91 Å². The molecule has 2 saturated heterocycles. The number of aliphatic hydroxyl groups is 1. The van der Waals surface area contributed by atoms with Crippen LogP contribution in [-0.2, 0) is 4.74 Å². The van der Waals surface area contributed by atoms with Crippen molar-refractivity contribution in [2.45, 2.75) is 31.0 Å². The summed E-state index contributed by atoms with van der Waals surface area (Å²) in [5, 5.41) is 10.1. The van der Waals surface area contributed by atoms with Crippen LogP contribution < -0.4 is 0 Å². The van der Waals surface area contributed by atoms with Crippen molar-refractivity contribution in [3.8, 4) is 0 Å². The van der Waals surface area contributed by atoms with Gasteiger partial charge in [0.05, 0.1) is 18.2 Å². The van der Waals surface area contributed by atoms with E-state index in [0.717, 1.165) is 12.8 Å². The van der Waals surface area contributed by atoms with Crippen molar-refractivity contribution in [2.24, 2.45) is 0 Å². The number of aliphatic hydroxyl groups excluding tert-OH is 1. The summed E-state index contributed by atoms with van der Waals surface area (Å²) in [5.41, 5.74) is -0.573. The molecule has 5 heteroatoms. The fraction of sp³-hybridized carbons (Fsp3) is 0.533. The lowest BCUT2D eigenvalue weighted by Gasteiger charge is -2.43. The molecule has 2 atom stereocenters. The maximum Gasteiger partial charge on any atom is 0.256 e. The molecule has 1 spiro atoms. The highest BCUT2D eigenvalue weighted by atomic mass is 19.1. The quantitative estimate of drug-likeness (QED) is 0.849. The van der Waals surface area contributed by atoms with Crippen LogP contribution in [0, 0.1) is 5.82 Å². The molecule has 3 rings (SSSR count). The number of nitrogens with zero attached hydrogens (tertiary/aromatic N) is 1. The number of carbonyl (C=O) groups is 1. The van der Waals surface area contributed by atoms with E-state index in [9.17, 15) is 14.3 Å². The Hall–Kier alpha value is -1.46. The second-order valence-corrected chi connectivity index (χ2v) is 5.53. The number of amides is 1. The minimum atomic E-state index is -0.654. The highest BCUT2D eigenvalue weighted by Gasteiger charge is 2.47. The molecule has 1 aromatic carbocycles. The Kier molecular flexibility index (Phi) is 3.48. The van der Waals surface area contributed by atoms with Crippen LogP contribution in [-0.4, -0.2) is 47.3 Å². The number of benzene rings is 1. The number of carbonyl (C=O) groups excluding carboxylic acids is 1. The number of ether oxygens (including phenoxy) is 1. The third-order valence-electron chi connectivity index (χ3n) is 4.26. The lowest BCUT2D eigenvalue weighted by Crippen LogP contribution is -2.57. The van der Waals surface area contributed by atoms with Crippen molar-refractivity contribution in [1.82, 2.24) is 4.90 Å². The van der Waals surface area contributed by atoms with Crippen LogP contribution in [0.4, 0.5) is 4.39 Å². The first-order valence-corrected chi connectivity index (χ1v) is 6.98. The van der Waals surface area contributed by atoms with Gasteiger partial charge in [0.25, 0.3) is 5.91 Å². The number of piperidine rings is 1. The summed E-state index contributed by atoms with van der Waals surface area (Å²) in [6, 6.07) is 5.99. The Morgan fingerprint density at radius 1 is 1.45 bits per heavy atom. The number of rotatable bonds is 1. The molecular formula is C15H18FNO3. The van der Waals surface area contributed by atoms with E-state index in [2.05, 4.69) is 0 Å². The van der Waals surface area contributed by atoms with Gasteiger partial charge in [0, 0.05) is 13.2 Å². The fourth-order valence-corrected chi connectivity index (χ4v) is 3.13. The summed E-state index contributed by atoms with van der Waals surface area (Å²) < 4.78 is 19.4. The molecule has 4 nitrogen and oxygen atoms in total. The van der Waals surface area contributed by atoms with Crippen molar-refractivity contribution in [1.29, 1.82) is 0 Å². The Balaban J connectivity index is 1.81. The maximum absolute atomic E-state index is 13.7. The smallest absolute Gasteiger partial charge is 0.256 e. The van der Waals surface area contributed by atoms with E-state index in [1.807, 2.05) is 0 Å². The van der Waals surface area contributed by atoms with E-state index in [0.29, 0.717) is 26.1 Å². The second-order valence-electron chi connectivity index (χ2n) is 5.53. The molecule has 0 aliphatic carbocycles. The lowest BCUT2D eigenvalue weighted by atomic mass is 9.87. The molecule has 2 fully saturated rings. The fourth-order valence-electron chi connectivity index (χ4n) is 3.13. The molecule has 1 aromatic rings. The normalized spacial score (nSPS) is 29.9. The first-order chi connectivity index (χ1) is 9.62. The van der Waals surface area contributed by atoms with Crippen LogP contribution in [0.3, 0.4) is 0 Å². The van der Waals surface area contributed by atoms with Gasteiger partial charge in [-0.3, -0.25) is 4.79 Å². The van der Waals surface area contributed by atoms with Gasteiger partial charge in [-0.05, 0) is 31.4 Å². The number of hydrogen-bond donors (Lipinski definition) is 1. The molecule has 0 saturated carbocycles.